The lowest BCUT2D eigenvalue weighted by Crippen LogP contribution is -2.68. The number of likely N-dealkylation sites (tertiary alicyclic amines) is 1. The monoisotopic (exact) mass is 329 g/mol. The van der Waals surface area contributed by atoms with Gasteiger partial charge in [-0.05, 0) is 43.3 Å². The Morgan fingerprint density at radius 2 is 2.08 bits per heavy atom. The third kappa shape index (κ3) is 1.79. The molecule has 5 rings (SSSR count). The third-order valence-electron chi connectivity index (χ3n) is 5.95. The summed E-state index contributed by atoms with van der Waals surface area (Å²) in [5, 5.41) is 12.8. The van der Waals surface area contributed by atoms with E-state index in [0.29, 0.717) is 30.0 Å². The molecule has 3 atom stereocenters. The van der Waals surface area contributed by atoms with Crippen molar-refractivity contribution < 1.29 is 19.5 Å². The van der Waals surface area contributed by atoms with Crippen LogP contribution in [0.2, 0.25) is 0 Å². The number of carboxylic acid groups (broad SMARTS) is 1. The lowest BCUT2D eigenvalue weighted by Gasteiger charge is -2.48. The van der Waals surface area contributed by atoms with E-state index in [9.17, 15) is 19.5 Å². The molecule has 24 heavy (non-hydrogen) atoms. The molecule has 7 nitrogen and oxygen atoms in total. The number of aliphatic carboxylic acids is 1. The molecule has 126 valence electrons. The highest BCUT2D eigenvalue weighted by Crippen LogP contribution is 2.44. The Labute approximate surface area is 139 Å². The fourth-order valence-corrected chi connectivity index (χ4v) is 4.67. The largest absolute Gasteiger partial charge is 0.477 e. The predicted molar refractivity (Wildman–Crippen MR) is 82.6 cm³/mol. The minimum Gasteiger partial charge on any atom is -0.477 e. The highest BCUT2D eigenvalue weighted by Gasteiger charge is 2.59. The summed E-state index contributed by atoms with van der Waals surface area (Å²) in [4.78, 5) is 39.9. The molecular formula is C17H19N3O4. The van der Waals surface area contributed by atoms with Crippen LogP contribution in [0.3, 0.4) is 0 Å². The zero-order valence-corrected chi connectivity index (χ0v) is 13.2. The zero-order valence-electron chi connectivity index (χ0n) is 13.2. The average molecular weight is 329 g/mol. The number of nitrogens with zero attached hydrogens (tertiary/aromatic N) is 2. The smallest absolute Gasteiger partial charge is 0.352 e. The van der Waals surface area contributed by atoms with Gasteiger partial charge < -0.3 is 15.3 Å². The molecule has 2 N–H and O–H groups in total. The molecule has 3 saturated heterocycles. The fourth-order valence-electron chi connectivity index (χ4n) is 4.67. The predicted octanol–water partition coefficient (Wildman–Crippen LogP) is -0.151. The van der Waals surface area contributed by atoms with Crippen LogP contribution in [0.25, 0.3) is 0 Å². The Bertz CT molecular complexity index is 736. The normalized spacial score (nSPS) is 36.5. The number of β-lactam (4-membered cyclic amide) rings is 1. The number of nitrogens with one attached hydrogen (secondary N) is 1. The van der Waals surface area contributed by atoms with Crippen LogP contribution in [-0.2, 0) is 14.4 Å². The Balaban J connectivity index is 1.52. The summed E-state index contributed by atoms with van der Waals surface area (Å²) in [7, 11) is 0. The minimum atomic E-state index is -1.08. The lowest BCUT2D eigenvalue weighted by atomic mass is 9.79. The minimum absolute atomic E-state index is 0.0343. The number of amides is 2. The van der Waals surface area contributed by atoms with Crippen molar-refractivity contribution in [2.45, 2.75) is 43.8 Å². The maximum absolute atomic E-state index is 12.5. The topological polar surface area (TPSA) is 90.0 Å². The van der Waals surface area contributed by atoms with E-state index in [2.05, 4.69) is 5.32 Å². The number of carbonyl (C=O) groups is 3. The number of hydrogen-bond donors (Lipinski definition) is 2. The summed E-state index contributed by atoms with van der Waals surface area (Å²) in [5.74, 6) is -0.968. The van der Waals surface area contributed by atoms with Crippen molar-refractivity contribution in [3.63, 3.8) is 0 Å². The molecule has 0 aromatic carbocycles. The van der Waals surface area contributed by atoms with Crippen LogP contribution in [-0.4, -0.2) is 63.9 Å². The van der Waals surface area contributed by atoms with Gasteiger partial charge in [0.25, 0.3) is 0 Å². The van der Waals surface area contributed by atoms with Crippen LogP contribution in [0.4, 0.5) is 0 Å². The number of rotatable bonds is 3. The standard InChI is InChI=1S/C17H19N3O4/c21-15-8(3-4-19(15)11-1-2-11)5-9-6-10-7-18-12-13(10)20(16(12)22)14(9)17(23)24/h5,10-13,18H,1-4,6-7H2,(H,23,24)/t10?,12?,13-/m1/s1. The molecule has 1 saturated carbocycles. The van der Waals surface area contributed by atoms with Gasteiger partial charge in [-0.25, -0.2) is 4.79 Å². The molecule has 4 fully saturated rings. The van der Waals surface area contributed by atoms with E-state index in [4.69, 9.17) is 0 Å². The molecule has 0 aromatic heterocycles. The Hall–Kier alpha value is -2.15. The molecule has 1 aliphatic carbocycles. The van der Waals surface area contributed by atoms with Gasteiger partial charge in [0.2, 0.25) is 11.8 Å². The second-order valence-electron chi connectivity index (χ2n) is 7.38. The van der Waals surface area contributed by atoms with E-state index in [1.165, 1.54) is 4.90 Å². The second kappa shape index (κ2) is 4.69. The summed E-state index contributed by atoms with van der Waals surface area (Å²) in [5.41, 5.74) is 1.39. The van der Waals surface area contributed by atoms with Crippen LogP contribution in [0.1, 0.15) is 25.7 Å². The average Bonchev–Trinajstić information content (AvgIpc) is 3.21. The van der Waals surface area contributed by atoms with Gasteiger partial charge in [0.1, 0.15) is 11.7 Å². The highest BCUT2D eigenvalue weighted by atomic mass is 16.4. The number of carbonyl (C=O) groups excluding carboxylic acids is 2. The van der Waals surface area contributed by atoms with Gasteiger partial charge in [0.15, 0.2) is 0 Å². The summed E-state index contributed by atoms with van der Waals surface area (Å²) in [6.07, 6.45) is 5.17. The summed E-state index contributed by atoms with van der Waals surface area (Å²) >= 11 is 0. The molecular weight excluding hydrogens is 310 g/mol. The summed E-state index contributed by atoms with van der Waals surface area (Å²) < 4.78 is 0. The van der Waals surface area contributed by atoms with Crippen molar-refractivity contribution in [2.24, 2.45) is 5.92 Å². The first-order valence-corrected chi connectivity index (χ1v) is 8.60. The van der Waals surface area contributed by atoms with Gasteiger partial charge in [-0.1, -0.05) is 0 Å². The van der Waals surface area contributed by atoms with Crippen molar-refractivity contribution in [3.05, 3.63) is 22.9 Å². The molecule has 5 aliphatic rings. The van der Waals surface area contributed by atoms with E-state index in [1.807, 2.05) is 4.90 Å². The van der Waals surface area contributed by atoms with Gasteiger partial charge in [-0.2, -0.15) is 0 Å². The maximum atomic E-state index is 12.5. The van der Waals surface area contributed by atoms with E-state index < -0.39 is 5.97 Å². The fraction of sp³-hybridized carbons (Fsp3) is 0.588. The molecule has 4 heterocycles. The van der Waals surface area contributed by atoms with E-state index in [1.54, 1.807) is 6.08 Å². The molecule has 2 unspecified atom stereocenters. The molecule has 0 radical (unpaired) electrons. The number of carboxylic acids is 1. The van der Waals surface area contributed by atoms with E-state index >= 15 is 0 Å². The summed E-state index contributed by atoms with van der Waals surface area (Å²) in [6.45, 7) is 1.45. The quantitative estimate of drug-likeness (QED) is 0.555. The second-order valence-corrected chi connectivity index (χ2v) is 7.38. The maximum Gasteiger partial charge on any atom is 0.352 e. The van der Waals surface area contributed by atoms with Crippen LogP contribution in [0.5, 0.6) is 0 Å². The van der Waals surface area contributed by atoms with Crippen LogP contribution < -0.4 is 5.32 Å². The SMILES string of the molecule is O=C(O)C1=C(C=C2CCN(C3CC3)C2=O)CC2CNC3C(=O)N1[C@H]23. The Morgan fingerprint density at radius 3 is 2.79 bits per heavy atom. The van der Waals surface area contributed by atoms with Gasteiger partial charge in [0, 0.05) is 24.7 Å². The molecule has 0 bridgehead atoms. The molecule has 4 aliphatic heterocycles. The van der Waals surface area contributed by atoms with Crippen molar-refractivity contribution in [2.75, 3.05) is 13.1 Å². The van der Waals surface area contributed by atoms with Crippen LogP contribution in [0.15, 0.2) is 22.9 Å². The number of allylic oxidation sites excluding steroid dienone is 2. The number of hydrogen-bond acceptors (Lipinski definition) is 4. The van der Waals surface area contributed by atoms with E-state index in [0.717, 1.165) is 25.9 Å². The van der Waals surface area contributed by atoms with Crippen LogP contribution >= 0.6 is 0 Å². The third-order valence-corrected chi connectivity index (χ3v) is 5.95. The molecule has 2 amide bonds. The van der Waals surface area contributed by atoms with Gasteiger partial charge in [-0.3, -0.25) is 14.5 Å². The van der Waals surface area contributed by atoms with Gasteiger partial charge >= 0.3 is 5.97 Å². The first-order valence-electron chi connectivity index (χ1n) is 8.60. The first kappa shape index (κ1) is 14.2. The summed E-state index contributed by atoms with van der Waals surface area (Å²) in [6, 6.07) is 0.119. The first-order chi connectivity index (χ1) is 11.6. The molecule has 0 spiro atoms. The Kier molecular flexibility index (Phi) is 2.78. The Morgan fingerprint density at radius 1 is 1.29 bits per heavy atom. The van der Waals surface area contributed by atoms with Crippen molar-refractivity contribution in [1.82, 2.24) is 15.1 Å². The molecule has 7 heteroatoms. The van der Waals surface area contributed by atoms with Crippen molar-refractivity contribution in [1.29, 1.82) is 0 Å². The van der Waals surface area contributed by atoms with Gasteiger partial charge in [0.05, 0.1) is 6.04 Å². The van der Waals surface area contributed by atoms with Gasteiger partial charge in [-0.15, -0.1) is 0 Å². The van der Waals surface area contributed by atoms with E-state index in [-0.39, 0.29) is 35.5 Å². The van der Waals surface area contributed by atoms with Crippen molar-refractivity contribution >= 4 is 17.8 Å². The zero-order chi connectivity index (χ0) is 16.6. The van der Waals surface area contributed by atoms with Crippen LogP contribution in [0, 0.1) is 5.92 Å². The van der Waals surface area contributed by atoms with Crippen molar-refractivity contribution in [3.8, 4) is 0 Å². The highest BCUT2D eigenvalue weighted by molar-refractivity contribution is 6.02. The lowest BCUT2D eigenvalue weighted by molar-refractivity contribution is -0.153. The molecule has 0 aromatic rings.